The lowest BCUT2D eigenvalue weighted by Gasteiger charge is -2.26. The highest BCUT2D eigenvalue weighted by atomic mass is 28.3. The monoisotopic (exact) mass is 466 g/mol. The second kappa shape index (κ2) is 9.43. The van der Waals surface area contributed by atoms with Gasteiger partial charge in [-0.15, -0.1) is 0 Å². The van der Waals surface area contributed by atoms with Crippen molar-refractivity contribution in [2.75, 3.05) is 19.8 Å². The summed E-state index contributed by atoms with van der Waals surface area (Å²) in [4.78, 5) is 4.53. The first-order chi connectivity index (χ1) is 15.6. The van der Waals surface area contributed by atoms with Crippen molar-refractivity contribution in [2.45, 2.75) is 58.4 Å². The van der Waals surface area contributed by atoms with Crippen LogP contribution in [0.2, 0.25) is 25.7 Å². The largest absolute Gasteiger partial charge is 0.381 e. The van der Waals surface area contributed by atoms with Crippen LogP contribution in [-0.4, -0.2) is 57.9 Å². The molecule has 0 amide bonds. The van der Waals surface area contributed by atoms with Gasteiger partial charge in [-0.05, 0) is 31.9 Å². The van der Waals surface area contributed by atoms with Crippen LogP contribution in [0.3, 0.4) is 0 Å². The summed E-state index contributed by atoms with van der Waals surface area (Å²) in [6.45, 7) is 14.1. The van der Waals surface area contributed by atoms with Crippen LogP contribution in [0.25, 0.3) is 22.0 Å². The summed E-state index contributed by atoms with van der Waals surface area (Å²) in [6.07, 6.45) is 7.96. The van der Waals surface area contributed by atoms with E-state index in [9.17, 15) is 5.11 Å². The summed E-state index contributed by atoms with van der Waals surface area (Å²) in [5, 5.41) is 15.6. The third-order valence-electron chi connectivity index (χ3n) is 5.59. The van der Waals surface area contributed by atoms with Gasteiger partial charge in [0.1, 0.15) is 18.0 Å². The Labute approximate surface area is 196 Å². The van der Waals surface area contributed by atoms with E-state index in [-0.39, 0.29) is 0 Å². The van der Waals surface area contributed by atoms with Gasteiger partial charge in [0.15, 0.2) is 0 Å². The Morgan fingerprint density at radius 2 is 2.03 bits per heavy atom. The summed E-state index contributed by atoms with van der Waals surface area (Å²) >= 11 is 0. The van der Waals surface area contributed by atoms with E-state index in [1.165, 1.54) is 0 Å². The Hall–Kier alpha value is -2.44. The van der Waals surface area contributed by atoms with Gasteiger partial charge < -0.3 is 19.1 Å². The molecular formula is C25H34N4O3Si. The molecule has 3 aromatic heterocycles. The Morgan fingerprint density at radius 1 is 1.24 bits per heavy atom. The van der Waals surface area contributed by atoms with Gasteiger partial charge in [-0.1, -0.05) is 25.6 Å². The molecule has 0 bridgehead atoms. The fourth-order valence-electron chi connectivity index (χ4n) is 3.63. The molecule has 8 heteroatoms. The number of aromatic nitrogens is 4. The normalized spacial score (nSPS) is 14.8. The average molecular weight is 467 g/mol. The molecule has 176 valence electrons. The van der Waals surface area contributed by atoms with Crippen molar-refractivity contribution in [1.29, 1.82) is 0 Å². The van der Waals surface area contributed by atoms with Crippen LogP contribution in [0.15, 0.2) is 30.9 Å². The van der Waals surface area contributed by atoms with Crippen molar-refractivity contribution >= 4 is 19.0 Å². The molecule has 1 aliphatic rings. The van der Waals surface area contributed by atoms with Crippen LogP contribution in [0, 0.1) is 17.8 Å². The Morgan fingerprint density at radius 3 is 2.70 bits per heavy atom. The summed E-state index contributed by atoms with van der Waals surface area (Å²) in [6, 6.07) is 3.14. The lowest BCUT2D eigenvalue weighted by atomic mass is 10.1. The zero-order valence-corrected chi connectivity index (χ0v) is 21.3. The van der Waals surface area contributed by atoms with Crippen molar-refractivity contribution in [3.63, 3.8) is 0 Å². The molecule has 0 aromatic carbocycles. The fraction of sp³-hybridized carbons (Fsp3) is 0.520. The second-order valence-corrected chi connectivity index (χ2v) is 16.2. The molecule has 0 atom stereocenters. The van der Waals surface area contributed by atoms with Gasteiger partial charge in [-0.2, -0.15) is 5.10 Å². The molecular weight excluding hydrogens is 432 g/mol. The number of hydrogen-bond donors (Lipinski definition) is 1. The van der Waals surface area contributed by atoms with Gasteiger partial charge in [0.2, 0.25) is 0 Å². The highest BCUT2D eigenvalue weighted by Gasteiger charge is 2.21. The lowest BCUT2D eigenvalue weighted by Crippen LogP contribution is -2.31. The standard InChI is InChI=1S/C25H34N4O3Si/c1-25(2,30)7-6-21-10-22-23(15-28(24(22)12-26-21)13-19-16-32-17-19)20-11-27-29(14-20)18-31-8-9-33(3,4)5/h10-12,14-15,19,30H,8-9,13,16-18H2,1-5H3. The Kier molecular flexibility index (Phi) is 6.77. The van der Waals surface area contributed by atoms with Gasteiger partial charge in [0, 0.05) is 56.1 Å². The molecule has 33 heavy (non-hydrogen) atoms. The third-order valence-corrected chi connectivity index (χ3v) is 7.29. The molecule has 0 saturated carbocycles. The van der Waals surface area contributed by atoms with E-state index in [1.54, 1.807) is 13.8 Å². The van der Waals surface area contributed by atoms with Crippen LogP contribution >= 0.6 is 0 Å². The molecule has 0 spiro atoms. The third kappa shape index (κ3) is 6.33. The molecule has 1 N–H and O–H groups in total. The van der Waals surface area contributed by atoms with Gasteiger partial charge in [0.05, 0.1) is 31.1 Å². The number of rotatable bonds is 8. The number of hydrogen-bond acceptors (Lipinski definition) is 5. The first-order valence-electron chi connectivity index (χ1n) is 11.5. The summed E-state index contributed by atoms with van der Waals surface area (Å²) in [5.41, 5.74) is 2.76. The van der Waals surface area contributed by atoms with E-state index in [4.69, 9.17) is 9.47 Å². The van der Waals surface area contributed by atoms with Crippen LogP contribution < -0.4 is 0 Å². The zero-order chi connectivity index (χ0) is 23.6. The number of fused-ring (bicyclic) bond motifs is 1. The smallest absolute Gasteiger partial charge is 0.139 e. The Bertz CT molecular complexity index is 1170. The van der Waals surface area contributed by atoms with E-state index in [0.29, 0.717) is 18.3 Å². The van der Waals surface area contributed by atoms with Gasteiger partial charge in [0.25, 0.3) is 0 Å². The van der Waals surface area contributed by atoms with Gasteiger partial charge >= 0.3 is 0 Å². The zero-order valence-electron chi connectivity index (χ0n) is 20.3. The highest BCUT2D eigenvalue weighted by molar-refractivity contribution is 6.76. The highest BCUT2D eigenvalue weighted by Crippen LogP contribution is 2.32. The number of nitrogens with zero attached hydrogens (tertiary/aromatic N) is 4. The van der Waals surface area contributed by atoms with Crippen LogP contribution in [-0.2, 0) is 22.7 Å². The number of aliphatic hydroxyl groups is 1. The van der Waals surface area contributed by atoms with Crippen molar-refractivity contribution in [3.05, 3.63) is 36.5 Å². The minimum Gasteiger partial charge on any atom is -0.381 e. The molecule has 0 unspecified atom stereocenters. The first kappa shape index (κ1) is 23.7. The molecule has 4 rings (SSSR count). The van der Waals surface area contributed by atoms with Crippen molar-refractivity contribution in [1.82, 2.24) is 19.3 Å². The Balaban J connectivity index is 1.61. The van der Waals surface area contributed by atoms with E-state index < -0.39 is 13.7 Å². The lowest BCUT2D eigenvalue weighted by molar-refractivity contribution is -0.0388. The van der Waals surface area contributed by atoms with Gasteiger partial charge in [-0.3, -0.25) is 0 Å². The minimum absolute atomic E-state index is 0.451. The maximum Gasteiger partial charge on any atom is 0.139 e. The summed E-state index contributed by atoms with van der Waals surface area (Å²) < 4.78 is 15.3. The second-order valence-electron chi connectivity index (χ2n) is 10.6. The predicted octanol–water partition coefficient (Wildman–Crippen LogP) is 3.98. The van der Waals surface area contributed by atoms with Crippen LogP contribution in [0.1, 0.15) is 19.5 Å². The van der Waals surface area contributed by atoms with E-state index in [1.807, 2.05) is 29.3 Å². The number of pyridine rings is 1. The molecule has 7 nitrogen and oxygen atoms in total. The maximum atomic E-state index is 9.96. The minimum atomic E-state index is -1.11. The van der Waals surface area contributed by atoms with Gasteiger partial charge in [-0.25, -0.2) is 9.67 Å². The topological polar surface area (TPSA) is 74.3 Å². The maximum absolute atomic E-state index is 9.96. The van der Waals surface area contributed by atoms with Crippen molar-refractivity contribution in [3.8, 4) is 23.0 Å². The van der Waals surface area contributed by atoms with Crippen LogP contribution in [0.4, 0.5) is 0 Å². The van der Waals surface area contributed by atoms with E-state index in [2.05, 4.69) is 52.3 Å². The quantitative estimate of drug-likeness (QED) is 0.309. The molecule has 1 aliphatic heterocycles. The van der Waals surface area contributed by atoms with E-state index >= 15 is 0 Å². The summed E-state index contributed by atoms with van der Waals surface area (Å²) in [7, 11) is -1.11. The molecule has 0 radical (unpaired) electrons. The molecule has 0 aliphatic carbocycles. The molecule has 1 fully saturated rings. The van der Waals surface area contributed by atoms with Crippen molar-refractivity contribution < 1.29 is 14.6 Å². The average Bonchev–Trinajstić information content (AvgIpc) is 3.29. The first-order valence-corrected chi connectivity index (χ1v) is 15.2. The fourth-order valence-corrected chi connectivity index (χ4v) is 4.39. The number of ether oxygens (including phenoxy) is 2. The molecule has 1 saturated heterocycles. The summed E-state index contributed by atoms with van der Waals surface area (Å²) in [5.74, 6) is 6.37. The predicted molar refractivity (Wildman–Crippen MR) is 133 cm³/mol. The van der Waals surface area contributed by atoms with Crippen LogP contribution in [0.5, 0.6) is 0 Å². The SMILES string of the molecule is CC(C)(O)C#Cc1cc2c(-c3cnn(COCC[Si](C)(C)C)c3)cn(CC3COC3)c2cn1. The molecule has 4 heterocycles. The molecule has 3 aromatic rings. The van der Waals surface area contributed by atoms with E-state index in [0.717, 1.165) is 54.4 Å². The van der Waals surface area contributed by atoms with Crippen molar-refractivity contribution in [2.24, 2.45) is 5.92 Å².